The lowest BCUT2D eigenvalue weighted by molar-refractivity contribution is -0.129. The summed E-state index contributed by atoms with van der Waals surface area (Å²) < 4.78 is 13.5. The molecule has 1 fully saturated rings. The molecule has 37 heavy (non-hydrogen) atoms. The van der Waals surface area contributed by atoms with Gasteiger partial charge in [0.05, 0.1) is 5.41 Å². The van der Waals surface area contributed by atoms with Crippen LogP contribution in [0.2, 0.25) is 5.02 Å². The van der Waals surface area contributed by atoms with E-state index in [0.717, 1.165) is 24.9 Å². The van der Waals surface area contributed by atoms with Crippen LogP contribution in [0.15, 0.2) is 42.7 Å². The van der Waals surface area contributed by atoms with Crippen molar-refractivity contribution in [3.05, 3.63) is 59.1 Å². The van der Waals surface area contributed by atoms with Gasteiger partial charge in [-0.15, -0.1) is 0 Å². The summed E-state index contributed by atoms with van der Waals surface area (Å²) in [6.45, 7) is 10.2. The minimum atomic E-state index is -0.962. The van der Waals surface area contributed by atoms with Gasteiger partial charge in [-0.3, -0.25) is 14.6 Å². The van der Waals surface area contributed by atoms with Gasteiger partial charge >= 0.3 is 0 Å². The Morgan fingerprint density at radius 3 is 2.51 bits per heavy atom. The Kier molecular flexibility index (Phi) is 9.35. The Morgan fingerprint density at radius 2 is 1.89 bits per heavy atom. The normalized spacial score (nSPS) is 22.9. The van der Waals surface area contributed by atoms with Crippen LogP contribution in [0.4, 0.5) is 10.1 Å². The number of amides is 2. The third-order valence-corrected chi connectivity index (χ3v) is 7.97. The van der Waals surface area contributed by atoms with Gasteiger partial charge in [0, 0.05) is 41.1 Å². The Balaban J connectivity index is 1.71. The summed E-state index contributed by atoms with van der Waals surface area (Å²) >= 11 is 6.23. The smallest absolute Gasteiger partial charge is 0.230 e. The van der Waals surface area contributed by atoms with E-state index in [4.69, 9.17) is 17.3 Å². The standard InChI is InChI=1S/C29H40ClFN4O2/c1-18(2)12-19-13-20(16-29(5,15-19)27(37)35-22-8-10-33-11-9-22)25(32)17-34-26(36)28(3,4)23-7-6-21(31)14-24(23)30/h6-11,14,18-20,25H,12-13,15-17,32H2,1-5H3,(H,34,36)(H,33,35,37). The molecule has 0 saturated heterocycles. The van der Waals surface area contributed by atoms with Crippen molar-refractivity contribution in [3.8, 4) is 0 Å². The zero-order chi connectivity index (χ0) is 27.4. The van der Waals surface area contributed by atoms with E-state index in [1.54, 1.807) is 44.4 Å². The molecule has 6 nitrogen and oxygen atoms in total. The molecular formula is C29H40ClFN4O2. The average Bonchev–Trinajstić information content (AvgIpc) is 2.81. The van der Waals surface area contributed by atoms with Crippen molar-refractivity contribution in [1.29, 1.82) is 0 Å². The summed E-state index contributed by atoms with van der Waals surface area (Å²) in [6.07, 6.45) is 6.69. The summed E-state index contributed by atoms with van der Waals surface area (Å²) in [5.74, 6) is 0.251. The number of pyridine rings is 1. The number of benzene rings is 1. The lowest BCUT2D eigenvalue weighted by Gasteiger charge is -2.44. The first-order valence-corrected chi connectivity index (χ1v) is 13.4. The van der Waals surface area contributed by atoms with Crippen molar-refractivity contribution in [3.63, 3.8) is 0 Å². The Morgan fingerprint density at radius 1 is 1.22 bits per heavy atom. The van der Waals surface area contributed by atoms with E-state index in [1.807, 2.05) is 6.92 Å². The molecule has 202 valence electrons. The van der Waals surface area contributed by atoms with Gasteiger partial charge in [-0.25, -0.2) is 4.39 Å². The van der Waals surface area contributed by atoms with Gasteiger partial charge in [0.25, 0.3) is 0 Å². The average molecular weight is 531 g/mol. The third kappa shape index (κ3) is 7.29. The molecule has 0 spiro atoms. The number of carbonyl (C=O) groups excluding carboxylic acids is 2. The predicted molar refractivity (Wildman–Crippen MR) is 147 cm³/mol. The molecule has 1 heterocycles. The largest absolute Gasteiger partial charge is 0.354 e. The monoisotopic (exact) mass is 530 g/mol. The Hall–Kier alpha value is -2.51. The van der Waals surface area contributed by atoms with Crippen LogP contribution in [0.5, 0.6) is 0 Å². The molecule has 8 heteroatoms. The molecule has 2 amide bonds. The molecule has 1 saturated carbocycles. The SMILES string of the molecule is CC(C)CC1CC(C(N)CNC(=O)C(C)(C)c2ccc(F)cc2Cl)CC(C)(C(=O)Nc2ccncc2)C1. The first kappa shape index (κ1) is 29.1. The van der Waals surface area contributed by atoms with Crippen molar-refractivity contribution in [2.75, 3.05) is 11.9 Å². The summed E-state index contributed by atoms with van der Waals surface area (Å²) in [7, 11) is 0. The summed E-state index contributed by atoms with van der Waals surface area (Å²) in [4.78, 5) is 30.6. The van der Waals surface area contributed by atoms with Crippen LogP contribution >= 0.6 is 11.6 Å². The highest BCUT2D eigenvalue weighted by Crippen LogP contribution is 2.46. The van der Waals surface area contributed by atoms with Gasteiger partial charge in [-0.2, -0.15) is 0 Å². The topological polar surface area (TPSA) is 97.1 Å². The van der Waals surface area contributed by atoms with Gasteiger partial charge in [0.2, 0.25) is 11.8 Å². The third-order valence-electron chi connectivity index (χ3n) is 7.66. The second-order valence-electron chi connectivity index (χ2n) is 11.8. The number of rotatable bonds is 9. The highest BCUT2D eigenvalue weighted by molar-refractivity contribution is 6.31. The molecular weight excluding hydrogens is 491 g/mol. The molecule has 4 N–H and O–H groups in total. The zero-order valence-electron chi connectivity index (χ0n) is 22.5. The molecule has 1 aliphatic rings. The lowest BCUT2D eigenvalue weighted by Crippen LogP contribution is -2.51. The number of nitrogens with two attached hydrogens (primary N) is 1. The minimum absolute atomic E-state index is 0.0134. The number of hydrogen-bond acceptors (Lipinski definition) is 4. The molecule has 3 rings (SSSR count). The Labute approximate surface area is 225 Å². The second-order valence-corrected chi connectivity index (χ2v) is 12.2. The number of carbonyl (C=O) groups is 2. The number of halogens is 2. The van der Waals surface area contributed by atoms with Gasteiger partial charge in [-0.1, -0.05) is 38.4 Å². The van der Waals surface area contributed by atoms with Crippen molar-refractivity contribution in [1.82, 2.24) is 10.3 Å². The molecule has 0 aliphatic heterocycles. The fourth-order valence-electron chi connectivity index (χ4n) is 5.69. The van der Waals surface area contributed by atoms with Crippen LogP contribution in [0, 0.1) is 29.0 Å². The molecule has 4 atom stereocenters. The molecule has 1 aromatic carbocycles. The maximum absolute atomic E-state index is 13.5. The van der Waals surface area contributed by atoms with Crippen molar-refractivity contribution >= 4 is 29.1 Å². The van der Waals surface area contributed by atoms with Gasteiger partial charge < -0.3 is 16.4 Å². The molecule has 0 bridgehead atoms. The first-order valence-electron chi connectivity index (χ1n) is 13.0. The van der Waals surface area contributed by atoms with Crippen LogP contribution < -0.4 is 16.4 Å². The lowest BCUT2D eigenvalue weighted by atomic mass is 9.63. The maximum atomic E-state index is 13.5. The van der Waals surface area contributed by atoms with Crippen LogP contribution in [0.25, 0.3) is 0 Å². The van der Waals surface area contributed by atoms with E-state index in [2.05, 4.69) is 29.5 Å². The highest BCUT2D eigenvalue weighted by atomic mass is 35.5. The second kappa shape index (κ2) is 11.9. The number of nitrogens with zero attached hydrogens (tertiary/aromatic N) is 1. The highest BCUT2D eigenvalue weighted by Gasteiger charge is 2.44. The predicted octanol–water partition coefficient (Wildman–Crippen LogP) is 5.70. The van der Waals surface area contributed by atoms with E-state index in [9.17, 15) is 14.0 Å². The summed E-state index contributed by atoms with van der Waals surface area (Å²) in [5, 5.41) is 6.26. The molecule has 4 unspecified atom stereocenters. The van der Waals surface area contributed by atoms with E-state index in [-0.39, 0.29) is 35.3 Å². The van der Waals surface area contributed by atoms with Crippen LogP contribution in [0.1, 0.15) is 65.9 Å². The van der Waals surface area contributed by atoms with Crippen molar-refractivity contribution in [2.24, 2.45) is 28.9 Å². The van der Waals surface area contributed by atoms with Gasteiger partial charge in [0.15, 0.2) is 0 Å². The number of anilines is 1. The maximum Gasteiger partial charge on any atom is 0.230 e. The number of nitrogens with one attached hydrogen (secondary N) is 2. The van der Waals surface area contributed by atoms with E-state index in [1.165, 1.54) is 12.1 Å². The van der Waals surface area contributed by atoms with Crippen LogP contribution in [-0.4, -0.2) is 29.4 Å². The molecule has 0 radical (unpaired) electrons. The van der Waals surface area contributed by atoms with E-state index < -0.39 is 16.6 Å². The number of hydrogen-bond donors (Lipinski definition) is 3. The van der Waals surface area contributed by atoms with E-state index in [0.29, 0.717) is 23.8 Å². The first-order chi connectivity index (χ1) is 17.3. The van der Waals surface area contributed by atoms with Gasteiger partial charge in [-0.05, 0) is 87.1 Å². The fourth-order valence-corrected chi connectivity index (χ4v) is 6.09. The van der Waals surface area contributed by atoms with Gasteiger partial charge in [0.1, 0.15) is 5.82 Å². The fraction of sp³-hybridized carbons (Fsp3) is 0.552. The van der Waals surface area contributed by atoms with Crippen molar-refractivity contribution in [2.45, 2.75) is 71.8 Å². The van der Waals surface area contributed by atoms with Crippen LogP contribution in [0.3, 0.4) is 0 Å². The molecule has 1 aliphatic carbocycles. The molecule has 1 aromatic heterocycles. The van der Waals surface area contributed by atoms with E-state index >= 15 is 0 Å². The quantitative estimate of drug-likeness (QED) is 0.387. The zero-order valence-corrected chi connectivity index (χ0v) is 23.2. The number of aromatic nitrogens is 1. The molecule has 2 aromatic rings. The van der Waals surface area contributed by atoms with Crippen LogP contribution in [-0.2, 0) is 15.0 Å². The minimum Gasteiger partial charge on any atom is -0.354 e. The van der Waals surface area contributed by atoms with Crippen molar-refractivity contribution < 1.29 is 14.0 Å². The summed E-state index contributed by atoms with van der Waals surface area (Å²) in [6, 6.07) is 7.31. The Bertz CT molecular complexity index is 1090. The summed E-state index contributed by atoms with van der Waals surface area (Å²) in [5.41, 5.74) is 6.40.